The van der Waals surface area contributed by atoms with Crippen LogP contribution in [-0.2, 0) is 25.5 Å². The van der Waals surface area contributed by atoms with Gasteiger partial charge >= 0.3 is 5.97 Å². The van der Waals surface area contributed by atoms with E-state index in [1.54, 1.807) is 26.2 Å². The molecule has 0 spiro atoms. The van der Waals surface area contributed by atoms with Crippen molar-refractivity contribution >= 4 is 29.3 Å². The zero-order chi connectivity index (χ0) is 21.1. The van der Waals surface area contributed by atoms with Crippen LogP contribution in [0.25, 0.3) is 0 Å². The number of carbonyl (C=O) groups is 2. The highest BCUT2D eigenvalue weighted by Crippen LogP contribution is 2.14. The number of aromatic nitrogens is 3. The van der Waals surface area contributed by atoms with Crippen molar-refractivity contribution in [2.75, 3.05) is 45.5 Å². The molecule has 0 aromatic carbocycles. The molecule has 0 radical (unpaired) electrons. The molecule has 0 unspecified atom stereocenters. The molecule has 0 bridgehead atoms. The molecular weight excluding hydrogens is 404 g/mol. The monoisotopic (exact) mass is 426 g/mol. The Labute approximate surface area is 173 Å². The highest BCUT2D eigenvalue weighted by Gasteiger charge is 2.19. The lowest BCUT2D eigenvalue weighted by atomic mass is 10.4. The summed E-state index contributed by atoms with van der Waals surface area (Å²) in [6, 6.07) is 4.58. The summed E-state index contributed by atoms with van der Waals surface area (Å²) in [6.45, 7) is 3.13. The zero-order valence-electron chi connectivity index (χ0n) is 16.2. The van der Waals surface area contributed by atoms with Crippen molar-refractivity contribution in [1.82, 2.24) is 14.8 Å². The van der Waals surface area contributed by atoms with E-state index in [1.807, 2.05) is 0 Å². The van der Waals surface area contributed by atoms with Crippen LogP contribution in [0.2, 0.25) is 5.02 Å². The molecule has 0 aliphatic rings. The third-order valence-corrected chi connectivity index (χ3v) is 3.66. The predicted molar refractivity (Wildman–Crippen MR) is 104 cm³/mol. The summed E-state index contributed by atoms with van der Waals surface area (Å²) in [6.07, 6.45) is 1.41. The largest absolute Gasteiger partial charge is 0.474 e. The van der Waals surface area contributed by atoms with Crippen LogP contribution < -0.4 is 10.1 Å². The number of carbonyl (C=O) groups excluding carboxylic acids is 2. The van der Waals surface area contributed by atoms with Crippen molar-refractivity contribution in [3.63, 3.8) is 0 Å². The molecule has 0 aliphatic carbocycles. The maximum atomic E-state index is 12.3. The molecule has 2 rings (SSSR count). The second-order valence-electron chi connectivity index (χ2n) is 5.61. The Morgan fingerprint density at radius 3 is 2.69 bits per heavy atom. The Morgan fingerprint density at radius 1 is 1.21 bits per heavy atom. The van der Waals surface area contributed by atoms with Gasteiger partial charge in [-0.3, -0.25) is 4.79 Å². The maximum Gasteiger partial charge on any atom is 0.356 e. The van der Waals surface area contributed by atoms with Gasteiger partial charge in [-0.1, -0.05) is 11.6 Å². The topological polar surface area (TPSA) is 114 Å². The van der Waals surface area contributed by atoms with Crippen LogP contribution >= 0.6 is 11.6 Å². The van der Waals surface area contributed by atoms with E-state index in [0.29, 0.717) is 30.7 Å². The van der Waals surface area contributed by atoms with Crippen LogP contribution in [0.15, 0.2) is 24.4 Å². The van der Waals surface area contributed by atoms with Crippen LogP contribution in [0.3, 0.4) is 0 Å². The van der Waals surface area contributed by atoms with Crippen LogP contribution in [0.4, 0.5) is 5.82 Å². The Balaban J connectivity index is 1.99. The smallest absolute Gasteiger partial charge is 0.356 e. The van der Waals surface area contributed by atoms with Gasteiger partial charge in [0.25, 0.3) is 0 Å². The van der Waals surface area contributed by atoms with Crippen LogP contribution in [0, 0.1) is 0 Å². The van der Waals surface area contributed by atoms with E-state index >= 15 is 0 Å². The predicted octanol–water partition coefficient (Wildman–Crippen LogP) is 1.79. The molecule has 2 heterocycles. The van der Waals surface area contributed by atoms with E-state index < -0.39 is 11.9 Å². The summed E-state index contributed by atoms with van der Waals surface area (Å²) in [5.41, 5.74) is 0.0985. The van der Waals surface area contributed by atoms with E-state index in [4.69, 9.17) is 30.5 Å². The molecule has 10 nitrogen and oxygen atoms in total. The van der Waals surface area contributed by atoms with Gasteiger partial charge in [0.15, 0.2) is 5.69 Å². The quantitative estimate of drug-likeness (QED) is 0.403. The number of hydrogen-bond acceptors (Lipinski definition) is 8. The van der Waals surface area contributed by atoms with Gasteiger partial charge in [-0.2, -0.15) is 0 Å². The van der Waals surface area contributed by atoms with Gasteiger partial charge in [0.2, 0.25) is 11.8 Å². The van der Waals surface area contributed by atoms with Crippen molar-refractivity contribution in [3.8, 4) is 5.88 Å². The Bertz CT molecular complexity index is 796. The van der Waals surface area contributed by atoms with E-state index in [-0.39, 0.29) is 31.3 Å². The lowest BCUT2D eigenvalue weighted by molar-refractivity contribution is -0.116. The number of nitrogens with zero attached hydrogens (tertiary/aromatic N) is 3. The summed E-state index contributed by atoms with van der Waals surface area (Å²) < 4.78 is 21.9. The van der Waals surface area contributed by atoms with Gasteiger partial charge in [0.1, 0.15) is 19.0 Å². The van der Waals surface area contributed by atoms with E-state index in [2.05, 4.69) is 15.4 Å². The fourth-order valence-corrected chi connectivity index (χ4v) is 2.28. The van der Waals surface area contributed by atoms with Gasteiger partial charge in [-0.15, -0.1) is 5.10 Å². The molecule has 0 saturated heterocycles. The van der Waals surface area contributed by atoms with E-state index in [0.717, 1.165) is 0 Å². The fraction of sp³-hybridized carbons (Fsp3) is 0.444. The van der Waals surface area contributed by atoms with Gasteiger partial charge < -0.3 is 24.3 Å². The van der Waals surface area contributed by atoms with Gasteiger partial charge in [-0.25, -0.2) is 14.5 Å². The second kappa shape index (κ2) is 12.0. The minimum Gasteiger partial charge on any atom is -0.474 e. The Kier molecular flexibility index (Phi) is 9.35. The van der Waals surface area contributed by atoms with Crippen LogP contribution in [0.5, 0.6) is 5.88 Å². The number of hydrogen-bond donors (Lipinski definition) is 1. The number of anilines is 1. The van der Waals surface area contributed by atoms with Crippen LogP contribution in [-0.4, -0.2) is 66.8 Å². The number of rotatable bonds is 12. The molecule has 11 heteroatoms. The van der Waals surface area contributed by atoms with Gasteiger partial charge in [0.05, 0.1) is 31.5 Å². The first-order valence-electron chi connectivity index (χ1n) is 8.89. The van der Waals surface area contributed by atoms with E-state index in [1.165, 1.54) is 16.9 Å². The maximum absolute atomic E-state index is 12.3. The molecule has 2 aromatic heterocycles. The summed E-state index contributed by atoms with van der Waals surface area (Å²) in [7, 11) is 1.59. The minimum atomic E-state index is -0.608. The number of amides is 1. The third-order valence-electron chi connectivity index (χ3n) is 3.44. The highest BCUT2D eigenvalue weighted by atomic mass is 35.5. The highest BCUT2D eigenvalue weighted by molar-refractivity contribution is 6.30. The summed E-state index contributed by atoms with van der Waals surface area (Å²) in [5, 5.41) is 7.21. The average molecular weight is 427 g/mol. The second-order valence-corrected chi connectivity index (χ2v) is 6.05. The summed E-state index contributed by atoms with van der Waals surface area (Å²) >= 11 is 5.77. The number of halogens is 1. The molecule has 0 aliphatic heterocycles. The van der Waals surface area contributed by atoms with Crippen molar-refractivity contribution in [3.05, 3.63) is 35.1 Å². The van der Waals surface area contributed by atoms with Crippen molar-refractivity contribution in [2.24, 2.45) is 0 Å². The number of pyridine rings is 1. The Morgan fingerprint density at radius 2 is 2.00 bits per heavy atom. The average Bonchev–Trinajstić information content (AvgIpc) is 3.09. The zero-order valence-corrected chi connectivity index (χ0v) is 17.0. The normalized spacial score (nSPS) is 10.6. The van der Waals surface area contributed by atoms with Crippen molar-refractivity contribution in [2.45, 2.75) is 13.5 Å². The van der Waals surface area contributed by atoms with Crippen LogP contribution in [0.1, 0.15) is 17.4 Å². The van der Waals surface area contributed by atoms with Crippen molar-refractivity contribution in [1.29, 1.82) is 0 Å². The summed E-state index contributed by atoms with van der Waals surface area (Å²) in [5.74, 6) is -0.527. The first-order valence-corrected chi connectivity index (χ1v) is 9.27. The van der Waals surface area contributed by atoms with Gasteiger partial charge in [-0.05, 0) is 19.1 Å². The molecule has 2 aromatic rings. The van der Waals surface area contributed by atoms with Gasteiger partial charge in [0, 0.05) is 19.4 Å². The number of methoxy groups -OCH3 is 1. The SMILES string of the molecule is CCOC(=O)c1cc(OCCOCCOC)nn1CC(=O)Nc1ccc(Cl)cn1. The molecule has 0 fully saturated rings. The number of esters is 1. The lowest BCUT2D eigenvalue weighted by Crippen LogP contribution is -2.23. The molecule has 0 saturated carbocycles. The van der Waals surface area contributed by atoms with Crippen molar-refractivity contribution < 1.29 is 28.5 Å². The first-order chi connectivity index (χ1) is 14.0. The molecule has 29 heavy (non-hydrogen) atoms. The fourth-order valence-electron chi connectivity index (χ4n) is 2.17. The molecule has 1 N–H and O–H groups in total. The summed E-state index contributed by atoms with van der Waals surface area (Å²) in [4.78, 5) is 28.5. The molecular formula is C18H23ClN4O6. The first kappa shape index (κ1) is 22.6. The number of ether oxygens (including phenoxy) is 4. The molecule has 1 amide bonds. The molecule has 158 valence electrons. The lowest BCUT2D eigenvalue weighted by Gasteiger charge is -2.07. The standard InChI is InChI=1S/C18H23ClN4O6/c1-3-28-18(25)14-10-17(29-9-8-27-7-6-26-2)22-23(14)12-16(24)21-15-5-4-13(19)11-20-15/h4-5,10-11H,3,6-9,12H2,1-2H3,(H,20,21,24). The third kappa shape index (κ3) is 7.68. The Hall–Kier alpha value is -2.69. The van der Waals surface area contributed by atoms with E-state index in [9.17, 15) is 9.59 Å². The number of nitrogens with one attached hydrogen (secondary N) is 1. The minimum absolute atomic E-state index is 0.0985. The molecule has 0 atom stereocenters.